The fourth-order valence-electron chi connectivity index (χ4n) is 3.30. The molecule has 2 aliphatic heterocycles. The van der Waals surface area contributed by atoms with E-state index in [1.807, 2.05) is 4.90 Å². The Hall–Kier alpha value is -1.10. The van der Waals surface area contributed by atoms with Gasteiger partial charge in [0, 0.05) is 25.7 Å². The molecule has 0 spiro atoms. The Labute approximate surface area is 107 Å². The van der Waals surface area contributed by atoms with Gasteiger partial charge in [-0.05, 0) is 32.2 Å². The minimum Gasteiger partial charge on any atom is -0.468 e. The molecule has 0 N–H and O–H groups in total. The quantitative estimate of drug-likeness (QED) is 0.522. The summed E-state index contributed by atoms with van der Waals surface area (Å²) in [6.07, 6.45) is 3.72. The van der Waals surface area contributed by atoms with E-state index in [0.29, 0.717) is 18.9 Å². The zero-order chi connectivity index (χ0) is 12.8. The molecule has 0 radical (unpaired) electrons. The molecule has 1 unspecified atom stereocenters. The largest absolute Gasteiger partial charge is 0.468 e. The summed E-state index contributed by atoms with van der Waals surface area (Å²) in [5.74, 6) is -0.345. The van der Waals surface area contributed by atoms with Crippen molar-refractivity contribution in [2.24, 2.45) is 5.41 Å². The van der Waals surface area contributed by atoms with Gasteiger partial charge in [-0.1, -0.05) is 0 Å². The minimum absolute atomic E-state index is 0.000833. The van der Waals surface area contributed by atoms with Crippen molar-refractivity contribution in [3.05, 3.63) is 0 Å². The van der Waals surface area contributed by atoms with E-state index in [4.69, 9.17) is 4.74 Å². The van der Waals surface area contributed by atoms with E-state index < -0.39 is 5.41 Å². The summed E-state index contributed by atoms with van der Waals surface area (Å²) < 4.78 is 4.78. The maximum atomic E-state index is 12.5. The van der Waals surface area contributed by atoms with Gasteiger partial charge in [0.1, 0.15) is 5.41 Å². The van der Waals surface area contributed by atoms with E-state index in [2.05, 4.69) is 4.90 Å². The van der Waals surface area contributed by atoms with Gasteiger partial charge in [0.2, 0.25) is 5.91 Å². The van der Waals surface area contributed by atoms with Crippen LogP contribution in [0.2, 0.25) is 0 Å². The highest BCUT2D eigenvalue weighted by Crippen LogP contribution is 2.48. The van der Waals surface area contributed by atoms with Crippen molar-refractivity contribution >= 4 is 11.9 Å². The minimum atomic E-state index is -0.824. The molecule has 0 bridgehead atoms. The van der Waals surface area contributed by atoms with Gasteiger partial charge < -0.3 is 9.64 Å². The number of hydrogen-bond acceptors (Lipinski definition) is 4. The molecule has 0 aromatic rings. The number of esters is 1. The van der Waals surface area contributed by atoms with Crippen molar-refractivity contribution in [1.82, 2.24) is 9.80 Å². The van der Waals surface area contributed by atoms with Crippen molar-refractivity contribution in [2.75, 3.05) is 33.3 Å². The molecule has 3 rings (SSSR count). The van der Waals surface area contributed by atoms with Gasteiger partial charge in [-0.3, -0.25) is 14.5 Å². The summed E-state index contributed by atoms with van der Waals surface area (Å²) in [7, 11) is 1.37. The average molecular weight is 252 g/mol. The predicted molar refractivity (Wildman–Crippen MR) is 64.9 cm³/mol. The van der Waals surface area contributed by atoms with Gasteiger partial charge in [0.25, 0.3) is 0 Å². The molecule has 1 atom stereocenters. The second-order valence-corrected chi connectivity index (χ2v) is 5.66. The number of carbonyl (C=O) groups is 2. The van der Waals surface area contributed by atoms with Crippen LogP contribution in [0.4, 0.5) is 0 Å². The van der Waals surface area contributed by atoms with Gasteiger partial charge in [0.05, 0.1) is 7.11 Å². The van der Waals surface area contributed by atoms with E-state index in [1.54, 1.807) is 0 Å². The van der Waals surface area contributed by atoms with Crippen molar-refractivity contribution in [2.45, 2.75) is 31.7 Å². The first kappa shape index (κ1) is 12.0. The third-order valence-electron chi connectivity index (χ3n) is 4.61. The van der Waals surface area contributed by atoms with Gasteiger partial charge in [-0.15, -0.1) is 0 Å². The highest BCUT2D eigenvalue weighted by atomic mass is 16.5. The number of nitrogens with zero attached hydrogens (tertiary/aromatic N) is 2. The molecule has 1 saturated carbocycles. The number of piperazine rings is 1. The van der Waals surface area contributed by atoms with Crippen molar-refractivity contribution in [1.29, 1.82) is 0 Å². The van der Waals surface area contributed by atoms with Crippen LogP contribution in [0, 0.1) is 5.41 Å². The van der Waals surface area contributed by atoms with Crippen molar-refractivity contribution < 1.29 is 14.3 Å². The van der Waals surface area contributed by atoms with Crippen LogP contribution in [0.15, 0.2) is 0 Å². The van der Waals surface area contributed by atoms with Crippen LogP contribution in [-0.4, -0.2) is 61.0 Å². The first-order chi connectivity index (χ1) is 8.67. The third kappa shape index (κ3) is 1.72. The number of amides is 1. The molecule has 0 aromatic heterocycles. The second-order valence-electron chi connectivity index (χ2n) is 5.66. The lowest BCUT2D eigenvalue weighted by Crippen LogP contribution is -2.54. The lowest BCUT2D eigenvalue weighted by molar-refractivity contribution is -0.157. The molecular weight excluding hydrogens is 232 g/mol. The Kier molecular flexibility index (Phi) is 2.81. The monoisotopic (exact) mass is 252 g/mol. The number of ether oxygens (including phenoxy) is 1. The maximum absolute atomic E-state index is 12.5. The third-order valence-corrected chi connectivity index (χ3v) is 4.61. The fraction of sp³-hybridized carbons (Fsp3) is 0.846. The second kappa shape index (κ2) is 4.23. The number of methoxy groups -OCH3 is 1. The number of rotatable bonds is 2. The molecule has 3 aliphatic rings. The Morgan fingerprint density at radius 2 is 2.00 bits per heavy atom. The number of hydrogen-bond donors (Lipinski definition) is 0. The Morgan fingerprint density at radius 3 is 2.67 bits per heavy atom. The van der Waals surface area contributed by atoms with E-state index >= 15 is 0 Å². The molecule has 100 valence electrons. The molecule has 5 nitrogen and oxygen atoms in total. The highest BCUT2D eigenvalue weighted by Gasteiger charge is 2.59. The molecule has 2 heterocycles. The van der Waals surface area contributed by atoms with Crippen LogP contribution in [0.3, 0.4) is 0 Å². The van der Waals surface area contributed by atoms with Crippen LogP contribution >= 0.6 is 0 Å². The number of fused-ring (bicyclic) bond motifs is 1. The predicted octanol–water partition coefficient (Wildman–Crippen LogP) is 0.246. The smallest absolute Gasteiger partial charge is 0.321 e. The van der Waals surface area contributed by atoms with Gasteiger partial charge in [0.15, 0.2) is 0 Å². The van der Waals surface area contributed by atoms with Crippen molar-refractivity contribution in [3.8, 4) is 0 Å². The topological polar surface area (TPSA) is 49.9 Å². The first-order valence-corrected chi connectivity index (χ1v) is 6.79. The van der Waals surface area contributed by atoms with Crippen LogP contribution in [0.25, 0.3) is 0 Å². The summed E-state index contributed by atoms with van der Waals surface area (Å²) >= 11 is 0. The maximum Gasteiger partial charge on any atom is 0.321 e. The van der Waals surface area contributed by atoms with Gasteiger partial charge >= 0.3 is 5.97 Å². The molecule has 1 amide bonds. The average Bonchev–Trinajstić information content (AvgIpc) is 3.08. The molecule has 1 aliphatic carbocycles. The summed E-state index contributed by atoms with van der Waals surface area (Å²) in [6, 6.07) is 0.510. The standard InChI is InChI=1S/C13H20N2O3/c1-18-12(17)13(4-5-13)11(16)15-8-7-14-6-2-3-10(14)9-15/h10H,2-9H2,1H3. The summed E-state index contributed by atoms with van der Waals surface area (Å²) in [5.41, 5.74) is -0.824. The van der Waals surface area contributed by atoms with Crippen molar-refractivity contribution in [3.63, 3.8) is 0 Å². The Balaban J connectivity index is 1.68. The van der Waals surface area contributed by atoms with Crippen LogP contribution in [0.5, 0.6) is 0 Å². The summed E-state index contributed by atoms with van der Waals surface area (Å²) in [4.78, 5) is 28.6. The normalized spacial score (nSPS) is 29.8. The SMILES string of the molecule is COC(=O)C1(C(=O)N2CCN3CCCC3C2)CC1. The molecule has 2 saturated heterocycles. The zero-order valence-corrected chi connectivity index (χ0v) is 10.9. The molecule has 18 heavy (non-hydrogen) atoms. The lowest BCUT2D eigenvalue weighted by Gasteiger charge is -2.38. The van der Waals surface area contributed by atoms with Gasteiger partial charge in [-0.25, -0.2) is 0 Å². The zero-order valence-electron chi connectivity index (χ0n) is 10.9. The van der Waals surface area contributed by atoms with Crippen LogP contribution in [-0.2, 0) is 14.3 Å². The van der Waals surface area contributed by atoms with Crippen LogP contribution < -0.4 is 0 Å². The molecule has 5 heteroatoms. The van der Waals surface area contributed by atoms with E-state index in [0.717, 1.165) is 26.2 Å². The molecule has 0 aromatic carbocycles. The highest BCUT2D eigenvalue weighted by molar-refractivity contribution is 6.05. The summed E-state index contributed by atoms with van der Waals surface area (Å²) in [5, 5.41) is 0. The molecular formula is C13H20N2O3. The van der Waals surface area contributed by atoms with Crippen LogP contribution in [0.1, 0.15) is 25.7 Å². The Bertz CT molecular complexity index is 378. The Morgan fingerprint density at radius 1 is 1.22 bits per heavy atom. The first-order valence-electron chi connectivity index (χ1n) is 6.79. The number of carbonyl (C=O) groups excluding carboxylic acids is 2. The summed E-state index contributed by atoms with van der Waals surface area (Å²) in [6.45, 7) is 3.66. The van der Waals surface area contributed by atoms with E-state index in [1.165, 1.54) is 20.0 Å². The van der Waals surface area contributed by atoms with Gasteiger partial charge in [-0.2, -0.15) is 0 Å². The van der Waals surface area contributed by atoms with E-state index in [9.17, 15) is 9.59 Å². The molecule has 3 fully saturated rings. The van der Waals surface area contributed by atoms with E-state index in [-0.39, 0.29) is 11.9 Å². The fourth-order valence-corrected chi connectivity index (χ4v) is 3.30. The lowest BCUT2D eigenvalue weighted by atomic mass is 10.0.